The van der Waals surface area contributed by atoms with Gasteiger partial charge in [0.2, 0.25) is 10.0 Å². The molecule has 1 aromatic rings. The lowest BCUT2D eigenvalue weighted by atomic mass is 9.96. The van der Waals surface area contributed by atoms with E-state index in [0.717, 1.165) is 19.3 Å². The van der Waals surface area contributed by atoms with E-state index < -0.39 is 10.0 Å². The highest BCUT2D eigenvalue weighted by atomic mass is 32.2. The Morgan fingerprint density at radius 2 is 2.14 bits per heavy atom. The van der Waals surface area contributed by atoms with Crippen molar-refractivity contribution in [2.75, 3.05) is 7.11 Å². The van der Waals surface area contributed by atoms with Crippen molar-refractivity contribution < 1.29 is 18.3 Å². The normalized spacial score (nSPS) is 28.0. The monoisotopic (exact) mass is 311 g/mol. The molecule has 3 atom stereocenters. The van der Waals surface area contributed by atoms with Crippen molar-refractivity contribution >= 4 is 10.0 Å². The zero-order valence-electron chi connectivity index (χ0n) is 12.1. The summed E-state index contributed by atoms with van der Waals surface area (Å²) in [5.41, 5.74) is 0.480. The third kappa shape index (κ3) is 2.80. The van der Waals surface area contributed by atoms with Gasteiger partial charge in [-0.3, -0.25) is 0 Å². The van der Waals surface area contributed by atoms with Crippen LogP contribution in [0.3, 0.4) is 0 Å². The Morgan fingerprint density at radius 1 is 1.33 bits per heavy atom. The number of ether oxygens (including phenoxy) is 1. The summed E-state index contributed by atoms with van der Waals surface area (Å²) in [5.74, 6) is 1.67. The molecule has 2 aliphatic rings. The van der Waals surface area contributed by atoms with E-state index >= 15 is 0 Å². The minimum Gasteiger partial charge on any atom is -0.496 e. The van der Waals surface area contributed by atoms with Crippen LogP contribution in [0.4, 0.5) is 0 Å². The molecule has 2 N–H and O–H groups in total. The minimum absolute atomic E-state index is 0.0634. The fourth-order valence-corrected chi connectivity index (χ4v) is 5.07. The Balaban J connectivity index is 1.81. The second kappa shape index (κ2) is 5.59. The van der Waals surface area contributed by atoms with Crippen LogP contribution in [-0.2, 0) is 16.6 Å². The number of methoxy groups -OCH3 is 1. The average Bonchev–Trinajstić information content (AvgIpc) is 3.08. The molecular weight excluding hydrogens is 290 g/mol. The zero-order chi connectivity index (χ0) is 15.0. The average molecular weight is 311 g/mol. The smallest absolute Gasteiger partial charge is 0.240 e. The van der Waals surface area contributed by atoms with Crippen LogP contribution in [0, 0.1) is 11.8 Å². The van der Waals surface area contributed by atoms with Gasteiger partial charge in [0.15, 0.2) is 0 Å². The molecule has 3 rings (SSSR count). The van der Waals surface area contributed by atoms with Gasteiger partial charge >= 0.3 is 0 Å². The molecule has 3 unspecified atom stereocenters. The van der Waals surface area contributed by atoms with Gasteiger partial charge in [0, 0.05) is 11.6 Å². The number of benzene rings is 1. The number of rotatable bonds is 5. The maximum atomic E-state index is 12.5. The van der Waals surface area contributed by atoms with Crippen molar-refractivity contribution in [3.05, 3.63) is 23.8 Å². The summed E-state index contributed by atoms with van der Waals surface area (Å²) in [7, 11) is -2.04. The molecule has 0 radical (unpaired) electrons. The van der Waals surface area contributed by atoms with Crippen LogP contribution in [0.5, 0.6) is 5.75 Å². The molecule has 0 aliphatic heterocycles. The first-order valence-electron chi connectivity index (χ1n) is 7.33. The largest absolute Gasteiger partial charge is 0.496 e. The summed E-state index contributed by atoms with van der Waals surface area (Å²) in [5, 5.41) is 9.31. The lowest BCUT2D eigenvalue weighted by Crippen LogP contribution is -2.38. The van der Waals surface area contributed by atoms with Crippen molar-refractivity contribution in [1.29, 1.82) is 0 Å². The number of nitrogens with one attached hydrogen (secondary N) is 1. The summed E-state index contributed by atoms with van der Waals surface area (Å²) in [6.45, 7) is -0.249. The molecule has 2 fully saturated rings. The van der Waals surface area contributed by atoms with Crippen LogP contribution in [0.1, 0.15) is 31.2 Å². The highest BCUT2D eigenvalue weighted by molar-refractivity contribution is 7.89. The van der Waals surface area contributed by atoms with Crippen molar-refractivity contribution in [3.8, 4) is 5.75 Å². The van der Waals surface area contributed by atoms with E-state index in [1.165, 1.54) is 25.7 Å². The van der Waals surface area contributed by atoms with E-state index in [0.29, 0.717) is 23.1 Å². The van der Waals surface area contributed by atoms with Gasteiger partial charge in [-0.15, -0.1) is 0 Å². The highest BCUT2D eigenvalue weighted by Crippen LogP contribution is 2.44. The Morgan fingerprint density at radius 3 is 2.71 bits per heavy atom. The SMILES string of the molecule is COc1ccc(S(=O)(=O)NC2CC3CCC2C3)cc1CO. The first-order chi connectivity index (χ1) is 10.0. The van der Waals surface area contributed by atoms with Crippen LogP contribution in [0.15, 0.2) is 23.1 Å². The van der Waals surface area contributed by atoms with Gasteiger partial charge in [0.25, 0.3) is 0 Å². The molecule has 2 saturated carbocycles. The second-order valence-electron chi connectivity index (χ2n) is 6.03. The molecule has 0 spiro atoms. The summed E-state index contributed by atoms with van der Waals surface area (Å²) in [4.78, 5) is 0.190. The first kappa shape index (κ1) is 14.8. The Labute approximate surface area is 125 Å². The van der Waals surface area contributed by atoms with E-state index in [4.69, 9.17) is 4.74 Å². The van der Waals surface area contributed by atoms with Gasteiger partial charge in [0.1, 0.15) is 5.75 Å². The fraction of sp³-hybridized carbons (Fsp3) is 0.600. The zero-order valence-corrected chi connectivity index (χ0v) is 12.9. The number of aliphatic hydroxyl groups is 1. The molecule has 0 aromatic heterocycles. The molecule has 2 aliphatic carbocycles. The molecule has 2 bridgehead atoms. The topological polar surface area (TPSA) is 75.6 Å². The first-order valence-corrected chi connectivity index (χ1v) is 8.82. The maximum absolute atomic E-state index is 12.5. The highest BCUT2D eigenvalue weighted by Gasteiger charge is 2.41. The number of fused-ring (bicyclic) bond motifs is 2. The van der Waals surface area contributed by atoms with Crippen molar-refractivity contribution in [3.63, 3.8) is 0 Å². The summed E-state index contributed by atoms with van der Waals surface area (Å²) in [6.07, 6.45) is 4.47. The summed E-state index contributed by atoms with van der Waals surface area (Å²) < 4.78 is 32.9. The molecule has 6 heteroatoms. The molecule has 116 valence electrons. The predicted molar refractivity (Wildman–Crippen MR) is 78.5 cm³/mol. The Hall–Kier alpha value is -1.11. The maximum Gasteiger partial charge on any atom is 0.240 e. The lowest BCUT2D eigenvalue weighted by molar-refractivity contribution is 0.273. The molecular formula is C15H21NO4S. The van der Waals surface area contributed by atoms with Gasteiger partial charge in [-0.05, 0) is 49.3 Å². The Kier molecular flexibility index (Phi) is 3.94. The summed E-state index contributed by atoms with van der Waals surface area (Å²) >= 11 is 0. The van der Waals surface area contributed by atoms with Gasteiger partial charge in [0.05, 0.1) is 18.6 Å². The number of sulfonamides is 1. The van der Waals surface area contributed by atoms with E-state index in [-0.39, 0.29) is 17.5 Å². The van der Waals surface area contributed by atoms with Crippen LogP contribution in [-0.4, -0.2) is 26.7 Å². The predicted octanol–water partition coefficient (Wildman–Crippen LogP) is 1.65. The van der Waals surface area contributed by atoms with Gasteiger partial charge in [-0.2, -0.15) is 0 Å². The Bertz CT molecular complexity index is 629. The molecule has 0 saturated heterocycles. The quantitative estimate of drug-likeness (QED) is 0.867. The second-order valence-corrected chi connectivity index (χ2v) is 7.75. The molecule has 21 heavy (non-hydrogen) atoms. The number of aliphatic hydroxyl groups excluding tert-OH is 1. The van der Waals surface area contributed by atoms with Crippen LogP contribution in [0.2, 0.25) is 0 Å². The molecule has 0 heterocycles. The van der Waals surface area contributed by atoms with E-state index in [2.05, 4.69) is 4.72 Å². The number of hydrogen-bond acceptors (Lipinski definition) is 4. The third-order valence-electron chi connectivity index (χ3n) is 4.78. The number of hydrogen-bond donors (Lipinski definition) is 2. The van der Waals surface area contributed by atoms with E-state index in [1.54, 1.807) is 6.07 Å². The van der Waals surface area contributed by atoms with Crippen molar-refractivity contribution in [2.45, 2.75) is 43.2 Å². The standard InChI is InChI=1S/C15H21NO4S/c1-20-15-5-4-13(8-12(15)9-17)21(18,19)16-14-7-10-2-3-11(14)6-10/h4-5,8,10-11,14,16-17H,2-3,6-7,9H2,1H3. The lowest BCUT2D eigenvalue weighted by Gasteiger charge is -2.23. The summed E-state index contributed by atoms with van der Waals surface area (Å²) in [6, 6.07) is 4.65. The van der Waals surface area contributed by atoms with Crippen LogP contribution >= 0.6 is 0 Å². The van der Waals surface area contributed by atoms with Crippen molar-refractivity contribution in [2.24, 2.45) is 11.8 Å². The van der Waals surface area contributed by atoms with E-state index in [1.807, 2.05) is 0 Å². The molecule has 5 nitrogen and oxygen atoms in total. The molecule has 0 amide bonds. The third-order valence-corrected chi connectivity index (χ3v) is 6.26. The van der Waals surface area contributed by atoms with E-state index in [9.17, 15) is 13.5 Å². The van der Waals surface area contributed by atoms with Gasteiger partial charge < -0.3 is 9.84 Å². The van der Waals surface area contributed by atoms with Gasteiger partial charge in [-0.25, -0.2) is 13.1 Å². The van der Waals surface area contributed by atoms with Crippen molar-refractivity contribution in [1.82, 2.24) is 4.72 Å². The van der Waals surface area contributed by atoms with Crippen LogP contribution in [0.25, 0.3) is 0 Å². The van der Waals surface area contributed by atoms with Crippen LogP contribution < -0.4 is 9.46 Å². The minimum atomic E-state index is -3.54. The van der Waals surface area contributed by atoms with Gasteiger partial charge in [-0.1, -0.05) is 6.42 Å². The molecule has 1 aromatic carbocycles. The fourth-order valence-electron chi connectivity index (χ4n) is 3.70.